The first-order chi connectivity index (χ1) is 9.33. The fraction of sp³-hybridized carbons (Fsp3) is 0.625. The average molecular weight is 260 g/mol. The summed E-state index contributed by atoms with van der Waals surface area (Å²) in [6.07, 6.45) is 4.13. The van der Waals surface area contributed by atoms with E-state index in [1.165, 1.54) is 37.2 Å². The molecule has 2 atom stereocenters. The van der Waals surface area contributed by atoms with Crippen LogP contribution in [0.4, 0.5) is 5.69 Å². The van der Waals surface area contributed by atoms with Gasteiger partial charge in [0.15, 0.2) is 0 Å². The maximum absolute atomic E-state index is 5.64. The lowest BCUT2D eigenvalue weighted by Crippen LogP contribution is -2.28. The summed E-state index contributed by atoms with van der Waals surface area (Å²) >= 11 is 0. The zero-order chi connectivity index (χ0) is 13.1. The Hall–Kier alpha value is -1.06. The number of likely N-dealkylation sites (tertiary alicyclic amines) is 1. The number of benzene rings is 1. The fourth-order valence-electron chi connectivity index (χ4n) is 3.10. The van der Waals surface area contributed by atoms with Gasteiger partial charge in [0.1, 0.15) is 0 Å². The first kappa shape index (κ1) is 12.9. The minimum absolute atomic E-state index is 0.319. The maximum Gasteiger partial charge on any atom is 0.0748 e. The molecule has 0 aliphatic carbocycles. The van der Waals surface area contributed by atoms with Gasteiger partial charge >= 0.3 is 0 Å². The molecule has 2 fully saturated rings. The second kappa shape index (κ2) is 5.93. The van der Waals surface area contributed by atoms with Gasteiger partial charge in [0.25, 0.3) is 0 Å². The molecule has 2 aliphatic rings. The van der Waals surface area contributed by atoms with Gasteiger partial charge < -0.3 is 10.1 Å². The van der Waals surface area contributed by atoms with Gasteiger partial charge in [0.2, 0.25) is 0 Å². The molecule has 0 aromatic heterocycles. The molecule has 104 valence electrons. The van der Waals surface area contributed by atoms with Gasteiger partial charge in [-0.25, -0.2) is 0 Å². The first-order valence-electron chi connectivity index (χ1n) is 7.51. The Morgan fingerprint density at radius 2 is 2.05 bits per heavy atom. The molecule has 1 N–H and O–H groups in total. The summed E-state index contributed by atoms with van der Waals surface area (Å²) in [6, 6.07) is 9.18. The summed E-state index contributed by atoms with van der Waals surface area (Å²) in [7, 11) is 0. The molecule has 3 heteroatoms. The minimum atomic E-state index is 0.319. The molecular formula is C16H24N2O. The Morgan fingerprint density at radius 3 is 2.79 bits per heavy atom. The van der Waals surface area contributed by atoms with Crippen LogP contribution in [0.3, 0.4) is 0 Å². The van der Waals surface area contributed by atoms with Crippen LogP contribution in [0.2, 0.25) is 0 Å². The largest absolute Gasteiger partial charge is 0.379 e. The van der Waals surface area contributed by atoms with E-state index < -0.39 is 0 Å². The van der Waals surface area contributed by atoms with Crippen molar-refractivity contribution in [1.29, 1.82) is 0 Å². The molecule has 3 rings (SSSR count). The Balaban J connectivity index is 1.69. The third-order valence-electron chi connectivity index (χ3n) is 4.33. The van der Waals surface area contributed by atoms with Crippen molar-refractivity contribution in [3.63, 3.8) is 0 Å². The van der Waals surface area contributed by atoms with Crippen molar-refractivity contribution in [2.24, 2.45) is 0 Å². The smallest absolute Gasteiger partial charge is 0.0748 e. The van der Waals surface area contributed by atoms with Gasteiger partial charge in [-0.3, -0.25) is 4.90 Å². The van der Waals surface area contributed by atoms with Crippen LogP contribution in [0.15, 0.2) is 24.3 Å². The Morgan fingerprint density at radius 1 is 1.26 bits per heavy atom. The van der Waals surface area contributed by atoms with Crippen molar-refractivity contribution in [2.75, 3.05) is 25.0 Å². The lowest BCUT2D eigenvalue weighted by atomic mass is 10.1. The molecule has 2 aliphatic heterocycles. The fourth-order valence-corrected chi connectivity index (χ4v) is 3.10. The molecule has 1 aromatic carbocycles. The SMILES string of the molecule is CC1OCCC1Nc1ccccc1CN1CCCC1. The average Bonchev–Trinajstić information content (AvgIpc) is 3.05. The second-order valence-corrected chi connectivity index (χ2v) is 5.76. The molecule has 0 bridgehead atoms. The van der Waals surface area contributed by atoms with Crippen LogP contribution < -0.4 is 5.32 Å². The summed E-state index contributed by atoms with van der Waals surface area (Å²) in [5.74, 6) is 0. The van der Waals surface area contributed by atoms with Gasteiger partial charge in [0, 0.05) is 18.8 Å². The van der Waals surface area contributed by atoms with Gasteiger partial charge in [-0.05, 0) is 50.9 Å². The van der Waals surface area contributed by atoms with Crippen molar-refractivity contribution >= 4 is 5.69 Å². The van der Waals surface area contributed by atoms with Crippen LogP contribution in [-0.4, -0.2) is 36.7 Å². The highest BCUT2D eigenvalue weighted by molar-refractivity contribution is 5.52. The number of nitrogens with zero attached hydrogens (tertiary/aromatic N) is 1. The van der Waals surface area contributed by atoms with Crippen LogP contribution in [-0.2, 0) is 11.3 Å². The molecule has 0 amide bonds. The second-order valence-electron chi connectivity index (χ2n) is 5.76. The van der Waals surface area contributed by atoms with Crippen LogP contribution >= 0.6 is 0 Å². The van der Waals surface area contributed by atoms with Crippen LogP contribution in [0.1, 0.15) is 31.7 Å². The van der Waals surface area contributed by atoms with Crippen molar-refractivity contribution in [1.82, 2.24) is 4.90 Å². The molecule has 19 heavy (non-hydrogen) atoms. The van der Waals surface area contributed by atoms with E-state index in [1.807, 2.05) is 0 Å². The summed E-state index contributed by atoms with van der Waals surface area (Å²) in [4.78, 5) is 2.55. The Bertz CT molecular complexity index is 415. The van der Waals surface area contributed by atoms with Gasteiger partial charge in [-0.1, -0.05) is 18.2 Å². The molecular weight excluding hydrogens is 236 g/mol. The van der Waals surface area contributed by atoms with E-state index in [9.17, 15) is 0 Å². The lowest BCUT2D eigenvalue weighted by Gasteiger charge is -2.22. The van der Waals surface area contributed by atoms with Crippen molar-refractivity contribution in [3.05, 3.63) is 29.8 Å². The van der Waals surface area contributed by atoms with E-state index in [0.29, 0.717) is 12.1 Å². The molecule has 3 nitrogen and oxygen atoms in total. The highest BCUT2D eigenvalue weighted by Gasteiger charge is 2.24. The highest BCUT2D eigenvalue weighted by atomic mass is 16.5. The molecule has 0 saturated carbocycles. The quantitative estimate of drug-likeness (QED) is 0.901. The molecule has 2 saturated heterocycles. The van der Waals surface area contributed by atoms with Crippen molar-refractivity contribution < 1.29 is 4.74 Å². The summed E-state index contributed by atoms with van der Waals surface area (Å²) in [6.45, 7) is 6.61. The minimum Gasteiger partial charge on any atom is -0.379 e. The van der Waals surface area contributed by atoms with E-state index in [1.54, 1.807) is 0 Å². The number of hydrogen-bond acceptors (Lipinski definition) is 3. The predicted molar refractivity (Wildman–Crippen MR) is 78.4 cm³/mol. The van der Waals surface area contributed by atoms with Crippen molar-refractivity contribution in [3.8, 4) is 0 Å². The first-order valence-corrected chi connectivity index (χ1v) is 7.51. The van der Waals surface area contributed by atoms with E-state index in [0.717, 1.165) is 19.6 Å². The monoisotopic (exact) mass is 260 g/mol. The molecule has 2 heterocycles. The topological polar surface area (TPSA) is 24.5 Å². The van der Waals surface area contributed by atoms with E-state index in [2.05, 4.69) is 41.4 Å². The number of para-hydroxylation sites is 1. The predicted octanol–water partition coefficient (Wildman–Crippen LogP) is 2.87. The zero-order valence-corrected chi connectivity index (χ0v) is 11.8. The van der Waals surface area contributed by atoms with Crippen molar-refractivity contribution in [2.45, 2.75) is 44.9 Å². The van der Waals surface area contributed by atoms with E-state index in [-0.39, 0.29) is 0 Å². The normalized spacial score (nSPS) is 27.8. The van der Waals surface area contributed by atoms with Crippen LogP contribution in [0, 0.1) is 0 Å². The van der Waals surface area contributed by atoms with Gasteiger partial charge in [-0.2, -0.15) is 0 Å². The molecule has 1 aromatic rings. The number of nitrogens with one attached hydrogen (secondary N) is 1. The third kappa shape index (κ3) is 3.10. The third-order valence-corrected chi connectivity index (χ3v) is 4.33. The number of ether oxygens (including phenoxy) is 1. The van der Waals surface area contributed by atoms with E-state index >= 15 is 0 Å². The van der Waals surface area contributed by atoms with Crippen LogP contribution in [0.25, 0.3) is 0 Å². The highest BCUT2D eigenvalue weighted by Crippen LogP contribution is 2.24. The van der Waals surface area contributed by atoms with E-state index in [4.69, 9.17) is 4.74 Å². The molecule has 2 unspecified atom stereocenters. The maximum atomic E-state index is 5.64. The number of rotatable bonds is 4. The standard InChI is InChI=1S/C16H24N2O/c1-13-15(8-11-19-13)17-16-7-3-2-6-14(16)12-18-9-4-5-10-18/h2-3,6-7,13,15,17H,4-5,8-12H2,1H3. The summed E-state index contributed by atoms with van der Waals surface area (Å²) < 4.78 is 5.64. The zero-order valence-electron chi connectivity index (χ0n) is 11.8. The Labute approximate surface area is 115 Å². The Kier molecular flexibility index (Phi) is 4.04. The van der Waals surface area contributed by atoms with Gasteiger partial charge in [0.05, 0.1) is 12.1 Å². The number of anilines is 1. The lowest BCUT2D eigenvalue weighted by molar-refractivity contribution is 0.121. The number of hydrogen-bond donors (Lipinski definition) is 1. The van der Waals surface area contributed by atoms with Gasteiger partial charge in [-0.15, -0.1) is 0 Å². The summed E-state index contributed by atoms with van der Waals surface area (Å²) in [5, 5.41) is 3.68. The summed E-state index contributed by atoms with van der Waals surface area (Å²) in [5.41, 5.74) is 2.71. The molecule has 0 radical (unpaired) electrons. The van der Waals surface area contributed by atoms with Crippen LogP contribution in [0.5, 0.6) is 0 Å². The molecule has 0 spiro atoms.